The average Bonchev–Trinajstić information content (AvgIpc) is 2.81. The first-order valence-corrected chi connectivity index (χ1v) is 7.71. The van der Waals surface area contributed by atoms with Crippen LogP contribution in [0.3, 0.4) is 0 Å². The van der Waals surface area contributed by atoms with Crippen LogP contribution in [0.2, 0.25) is 0 Å². The first kappa shape index (κ1) is 15.0. The van der Waals surface area contributed by atoms with Crippen molar-refractivity contribution in [2.75, 3.05) is 6.61 Å². The molecule has 0 aliphatic heterocycles. The van der Waals surface area contributed by atoms with Gasteiger partial charge in [0.1, 0.15) is 11.2 Å². The maximum atomic E-state index is 12.5. The van der Waals surface area contributed by atoms with Crippen molar-refractivity contribution in [1.82, 2.24) is 14.8 Å². The molecule has 0 bridgehead atoms. The second-order valence-electron chi connectivity index (χ2n) is 5.59. The molecule has 0 amide bonds. The summed E-state index contributed by atoms with van der Waals surface area (Å²) in [5, 5.41) is 4.46. The van der Waals surface area contributed by atoms with Gasteiger partial charge in [-0.25, -0.2) is 4.98 Å². The third kappa shape index (κ3) is 2.72. The van der Waals surface area contributed by atoms with E-state index in [1.807, 2.05) is 14.0 Å². The molecule has 5 nitrogen and oxygen atoms in total. The van der Waals surface area contributed by atoms with Crippen molar-refractivity contribution < 1.29 is 9.53 Å². The predicted octanol–water partition coefficient (Wildman–Crippen LogP) is 2.53. The Morgan fingerprint density at radius 2 is 2.00 bits per heavy atom. The standard InChI is InChI=1S/C15H25N3O2/c1-4-9-12-16-13(18(3)17-12)15(14(19)20-5-2)10-7-6-8-11-15/h4-11H2,1-3H3. The highest BCUT2D eigenvalue weighted by Crippen LogP contribution is 2.39. The van der Waals surface area contributed by atoms with Crippen molar-refractivity contribution in [2.24, 2.45) is 7.05 Å². The summed E-state index contributed by atoms with van der Waals surface area (Å²) in [6.45, 7) is 4.38. The van der Waals surface area contributed by atoms with Crippen molar-refractivity contribution in [2.45, 2.75) is 64.2 Å². The number of hydrogen-bond acceptors (Lipinski definition) is 4. The van der Waals surface area contributed by atoms with Gasteiger partial charge in [0, 0.05) is 13.5 Å². The Kier molecular flexibility index (Phi) is 4.78. The first-order valence-electron chi connectivity index (χ1n) is 7.71. The van der Waals surface area contributed by atoms with Gasteiger partial charge in [-0.05, 0) is 26.2 Å². The Morgan fingerprint density at radius 1 is 1.30 bits per heavy atom. The van der Waals surface area contributed by atoms with Gasteiger partial charge < -0.3 is 4.74 Å². The Bertz CT molecular complexity index is 462. The zero-order chi connectivity index (χ0) is 14.6. The molecule has 1 fully saturated rings. The van der Waals surface area contributed by atoms with E-state index < -0.39 is 5.41 Å². The highest BCUT2D eigenvalue weighted by molar-refractivity contribution is 5.82. The van der Waals surface area contributed by atoms with Crippen molar-refractivity contribution >= 4 is 5.97 Å². The minimum absolute atomic E-state index is 0.127. The monoisotopic (exact) mass is 279 g/mol. The number of hydrogen-bond donors (Lipinski definition) is 0. The molecule has 0 saturated heterocycles. The Balaban J connectivity index is 2.37. The first-order chi connectivity index (χ1) is 9.64. The highest BCUT2D eigenvalue weighted by atomic mass is 16.5. The van der Waals surface area contributed by atoms with Crippen LogP contribution in [0.1, 0.15) is 64.0 Å². The maximum Gasteiger partial charge on any atom is 0.319 e. The molecule has 2 rings (SSSR count). The fraction of sp³-hybridized carbons (Fsp3) is 0.800. The Labute approximate surface area is 120 Å². The summed E-state index contributed by atoms with van der Waals surface area (Å²) in [5.74, 6) is 1.50. The lowest BCUT2D eigenvalue weighted by molar-refractivity contribution is -0.152. The molecule has 0 spiro atoms. The summed E-state index contributed by atoms with van der Waals surface area (Å²) in [4.78, 5) is 17.2. The van der Waals surface area contributed by atoms with E-state index >= 15 is 0 Å². The van der Waals surface area contributed by atoms with Crippen molar-refractivity contribution in [3.63, 3.8) is 0 Å². The van der Waals surface area contributed by atoms with Crippen molar-refractivity contribution in [3.8, 4) is 0 Å². The Hall–Kier alpha value is -1.39. The summed E-state index contributed by atoms with van der Waals surface area (Å²) in [5.41, 5.74) is -0.581. The third-order valence-electron chi connectivity index (χ3n) is 4.08. The number of esters is 1. The molecule has 0 aromatic carbocycles. The molecular weight excluding hydrogens is 254 g/mol. The lowest BCUT2D eigenvalue weighted by Crippen LogP contribution is -2.41. The van der Waals surface area contributed by atoms with E-state index in [4.69, 9.17) is 4.74 Å². The van der Waals surface area contributed by atoms with E-state index in [1.165, 1.54) is 6.42 Å². The Morgan fingerprint density at radius 3 is 2.60 bits per heavy atom. The van der Waals surface area contributed by atoms with Crippen LogP contribution in [-0.4, -0.2) is 27.3 Å². The van der Waals surface area contributed by atoms with Crippen LogP contribution in [0.5, 0.6) is 0 Å². The molecule has 1 aromatic rings. The van der Waals surface area contributed by atoms with E-state index in [1.54, 1.807) is 4.68 Å². The lowest BCUT2D eigenvalue weighted by atomic mass is 9.73. The van der Waals surface area contributed by atoms with E-state index in [2.05, 4.69) is 17.0 Å². The maximum absolute atomic E-state index is 12.5. The summed E-state index contributed by atoms with van der Waals surface area (Å²) in [6, 6.07) is 0. The normalized spacial score (nSPS) is 17.9. The number of aromatic nitrogens is 3. The highest BCUT2D eigenvalue weighted by Gasteiger charge is 2.46. The van der Waals surface area contributed by atoms with Crippen LogP contribution in [-0.2, 0) is 28.4 Å². The predicted molar refractivity (Wildman–Crippen MR) is 76.4 cm³/mol. The van der Waals surface area contributed by atoms with Crippen LogP contribution < -0.4 is 0 Å². The van der Waals surface area contributed by atoms with Gasteiger partial charge in [0.05, 0.1) is 6.61 Å². The van der Waals surface area contributed by atoms with E-state index in [-0.39, 0.29) is 5.97 Å². The number of carbonyl (C=O) groups is 1. The largest absolute Gasteiger partial charge is 0.465 e. The van der Waals surface area contributed by atoms with Gasteiger partial charge in [-0.3, -0.25) is 9.48 Å². The SMILES string of the molecule is CCCc1nc(C2(C(=O)OCC)CCCCC2)n(C)n1. The average molecular weight is 279 g/mol. The molecule has 5 heteroatoms. The third-order valence-corrected chi connectivity index (χ3v) is 4.08. The van der Waals surface area contributed by atoms with Gasteiger partial charge in [-0.1, -0.05) is 26.2 Å². The summed E-state index contributed by atoms with van der Waals surface area (Å²) < 4.78 is 7.13. The second-order valence-corrected chi connectivity index (χ2v) is 5.59. The molecule has 1 aliphatic rings. The van der Waals surface area contributed by atoms with Crippen LogP contribution in [0.4, 0.5) is 0 Å². The minimum Gasteiger partial charge on any atom is -0.465 e. The molecular formula is C15H25N3O2. The van der Waals surface area contributed by atoms with Gasteiger partial charge in [0.15, 0.2) is 5.82 Å². The molecule has 1 aromatic heterocycles. The van der Waals surface area contributed by atoms with Gasteiger partial charge in [0.25, 0.3) is 0 Å². The molecule has 1 aliphatic carbocycles. The van der Waals surface area contributed by atoms with Crippen LogP contribution >= 0.6 is 0 Å². The lowest BCUT2D eigenvalue weighted by Gasteiger charge is -2.33. The van der Waals surface area contributed by atoms with Gasteiger partial charge in [-0.15, -0.1) is 0 Å². The van der Waals surface area contributed by atoms with Crippen LogP contribution in [0.15, 0.2) is 0 Å². The van der Waals surface area contributed by atoms with Gasteiger partial charge in [0.2, 0.25) is 0 Å². The summed E-state index contributed by atoms with van der Waals surface area (Å²) >= 11 is 0. The zero-order valence-corrected chi connectivity index (χ0v) is 12.8. The molecule has 1 heterocycles. The van der Waals surface area contributed by atoms with E-state index in [0.29, 0.717) is 6.61 Å². The fourth-order valence-corrected chi connectivity index (χ4v) is 3.13. The van der Waals surface area contributed by atoms with Crippen molar-refractivity contribution in [3.05, 3.63) is 11.6 Å². The topological polar surface area (TPSA) is 57.0 Å². The van der Waals surface area contributed by atoms with Gasteiger partial charge in [-0.2, -0.15) is 5.10 Å². The minimum atomic E-state index is -0.581. The fourth-order valence-electron chi connectivity index (χ4n) is 3.13. The number of carbonyl (C=O) groups excluding carboxylic acids is 1. The molecule has 20 heavy (non-hydrogen) atoms. The summed E-state index contributed by atoms with van der Waals surface area (Å²) in [7, 11) is 1.89. The zero-order valence-electron chi connectivity index (χ0n) is 12.8. The van der Waals surface area contributed by atoms with Gasteiger partial charge >= 0.3 is 5.97 Å². The summed E-state index contributed by atoms with van der Waals surface area (Å²) in [6.07, 6.45) is 6.79. The molecule has 0 radical (unpaired) electrons. The molecule has 112 valence electrons. The van der Waals surface area contributed by atoms with E-state index in [0.717, 1.165) is 50.2 Å². The molecule has 1 saturated carbocycles. The van der Waals surface area contributed by atoms with E-state index in [9.17, 15) is 4.79 Å². The number of nitrogens with zero attached hydrogens (tertiary/aromatic N) is 3. The quantitative estimate of drug-likeness (QED) is 0.777. The molecule has 0 atom stereocenters. The number of aryl methyl sites for hydroxylation is 2. The van der Waals surface area contributed by atoms with Crippen LogP contribution in [0.25, 0.3) is 0 Å². The van der Waals surface area contributed by atoms with Crippen molar-refractivity contribution in [1.29, 1.82) is 0 Å². The number of rotatable bonds is 5. The van der Waals surface area contributed by atoms with Crippen LogP contribution in [0, 0.1) is 0 Å². The second kappa shape index (κ2) is 6.37. The smallest absolute Gasteiger partial charge is 0.319 e. The molecule has 0 unspecified atom stereocenters. The molecule has 0 N–H and O–H groups in total. The number of ether oxygens (including phenoxy) is 1.